The van der Waals surface area contributed by atoms with Crippen molar-refractivity contribution in [3.05, 3.63) is 51.9 Å². The normalized spacial score (nSPS) is 11.7. The molecule has 152 valence electrons. The summed E-state index contributed by atoms with van der Waals surface area (Å²) < 4.78 is 2.08. The van der Waals surface area contributed by atoms with Crippen molar-refractivity contribution in [3.8, 4) is 0 Å². The quantitative estimate of drug-likeness (QED) is 0.284. The lowest BCUT2D eigenvalue weighted by Crippen LogP contribution is -2.38. The smallest absolute Gasteiger partial charge is 0.191 e. The Morgan fingerprint density at radius 1 is 1.29 bits per heavy atom. The topological polar surface area (TPSA) is 66.6 Å². The maximum atomic E-state index is 4.72. The van der Waals surface area contributed by atoms with Crippen LogP contribution in [0.1, 0.15) is 48.6 Å². The number of halogens is 1. The number of nitrogens with zero attached hydrogens (tertiary/aromatic N) is 4. The van der Waals surface area contributed by atoms with Gasteiger partial charge in [0.15, 0.2) is 5.96 Å². The van der Waals surface area contributed by atoms with E-state index in [1.165, 1.54) is 5.56 Å². The molecule has 0 fully saturated rings. The lowest BCUT2D eigenvalue weighted by Gasteiger charge is -2.10. The summed E-state index contributed by atoms with van der Waals surface area (Å²) in [7, 11) is 0. The summed E-state index contributed by atoms with van der Waals surface area (Å²) in [6.07, 6.45) is 4.98. The molecular formula is C20H29IN6S. The Hall–Kier alpha value is -1.68. The molecule has 0 aromatic carbocycles. The fraction of sp³-hybridized carbons (Fsp3) is 0.450. The Kier molecular flexibility index (Phi) is 8.68. The summed E-state index contributed by atoms with van der Waals surface area (Å²) in [4.78, 5) is 14.0. The number of aryl methyl sites for hydroxylation is 1. The minimum absolute atomic E-state index is 0. The van der Waals surface area contributed by atoms with Crippen LogP contribution in [0.4, 0.5) is 0 Å². The molecule has 0 amide bonds. The van der Waals surface area contributed by atoms with Gasteiger partial charge in [-0.3, -0.25) is 0 Å². The van der Waals surface area contributed by atoms with Crippen molar-refractivity contribution in [1.29, 1.82) is 0 Å². The number of thiazole rings is 1. The van der Waals surface area contributed by atoms with E-state index in [-0.39, 0.29) is 24.0 Å². The van der Waals surface area contributed by atoms with Crippen molar-refractivity contribution in [3.63, 3.8) is 0 Å². The molecule has 8 heteroatoms. The second kappa shape index (κ2) is 10.8. The van der Waals surface area contributed by atoms with Crippen LogP contribution in [0.15, 0.2) is 34.9 Å². The van der Waals surface area contributed by atoms with Crippen LogP contribution < -0.4 is 10.6 Å². The number of fused-ring (bicyclic) bond motifs is 1. The second-order valence-electron chi connectivity index (χ2n) is 6.85. The van der Waals surface area contributed by atoms with Crippen LogP contribution in [0.2, 0.25) is 0 Å². The molecule has 6 nitrogen and oxygen atoms in total. The third-order valence-electron chi connectivity index (χ3n) is 4.28. The molecule has 3 aromatic rings. The molecule has 3 rings (SSSR count). The number of nitrogens with one attached hydrogen (secondary N) is 2. The minimum Gasteiger partial charge on any atom is -0.357 e. The first kappa shape index (κ1) is 22.6. The number of rotatable bonds is 7. The molecule has 0 spiro atoms. The van der Waals surface area contributed by atoms with Crippen LogP contribution in [-0.4, -0.2) is 33.4 Å². The highest BCUT2D eigenvalue weighted by molar-refractivity contribution is 14.0. The molecule has 0 saturated heterocycles. The molecule has 0 radical (unpaired) electrons. The van der Waals surface area contributed by atoms with Crippen LogP contribution in [0, 0.1) is 6.92 Å². The first-order valence-electron chi connectivity index (χ1n) is 9.46. The van der Waals surface area contributed by atoms with Crippen LogP contribution >= 0.6 is 35.3 Å². The first-order chi connectivity index (χ1) is 13.1. The Labute approximate surface area is 187 Å². The van der Waals surface area contributed by atoms with Gasteiger partial charge in [-0.25, -0.2) is 15.0 Å². The number of aromatic nitrogens is 3. The fourth-order valence-corrected chi connectivity index (χ4v) is 3.66. The van der Waals surface area contributed by atoms with Gasteiger partial charge in [-0.15, -0.1) is 35.3 Å². The minimum atomic E-state index is 0. The summed E-state index contributed by atoms with van der Waals surface area (Å²) in [5, 5.41) is 9.86. The van der Waals surface area contributed by atoms with Gasteiger partial charge in [-0.2, -0.15) is 0 Å². The molecule has 0 aliphatic rings. The van der Waals surface area contributed by atoms with Crippen molar-refractivity contribution in [2.45, 2.75) is 46.6 Å². The zero-order chi connectivity index (χ0) is 19.2. The number of hydrogen-bond acceptors (Lipinski definition) is 4. The van der Waals surface area contributed by atoms with E-state index in [2.05, 4.69) is 70.3 Å². The van der Waals surface area contributed by atoms with Crippen LogP contribution in [-0.2, 0) is 13.0 Å². The zero-order valence-electron chi connectivity index (χ0n) is 16.9. The van der Waals surface area contributed by atoms with Gasteiger partial charge < -0.3 is 15.0 Å². The maximum absolute atomic E-state index is 4.72. The Morgan fingerprint density at radius 3 is 2.79 bits per heavy atom. The van der Waals surface area contributed by atoms with Gasteiger partial charge in [0, 0.05) is 37.3 Å². The maximum Gasteiger partial charge on any atom is 0.191 e. The molecule has 0 unspecified atom stereocenters. The summed E-state index contributed by atoms with van der Waals surface area (Å²) in [5.41, 5.74) is 4.44. The highest BCUT2D eigenvalue weighted by Crippen LogP contribution is 2.18. The number of imidazole rings is 1. The second-order valence-corrected chi connectivity index (χ2v) is 7.79. The van der Waals surface area contributed by atoms with Gasteiger partial charge in [0.05, 0.1) is 17.9 Å². The summed E-state index contributed by atoms with van der Waals surface area (Å²) in [5.74, 6) is 1.28. The van der Waals surface area contributed by atoms with Crippen molar-refractivity contribution in [2.24, 2.45) is 4.99 Å². The molecule has 0 atom stereocenters. The average Bonchev–Trinajstić information content (AvgIpc) is 3.27. The van der Waals surface area contributed by atoms with Gasteiger partial charge in [0.25, 0.3) is 0 Å². The van der Waals surface area contributed by atoms with Crippen LogP contribution in [0.3, 0.4) is 0 Å². The zero-order valence-corrected chi connectivity index (χ0v) is 20.0. The van der Waals surface area contributed by atoms with E-state index >= 15 is 0 Å². The van der Waals surface area contributed by atoms with Gasteiger partial charge in [-0.1, -0.05) is 19.9 Å². The summed E-state index contributed by atoms with van der Waals surface area (Å²) in [6, 6.07) is 4.13. The molecule has 0 saturated carbocycles. The number of pyridine rings is 1. The van der Waals surface area contributed by atoms with Crippen molar-refractivity contribution >= 4 is 46.9 Å². The predicted octanol–water partition coefficient (Wildman–Crippen LogP) is 4.14. The molecular weight excluding hydrogens is 483 g/mol. The molecule has 0 aliphatic heterocycles. The van der Waals surface area contributed by atoms with Gasteiger partial charge in [0.1, 0.15) is 10.7 Å². The van der Waals surface area contributed by atoms with E-state index in [0.29, 0.717) is 12.5 Å². The number of hydrogen-bond donors (Lipinski definition) is 2. The number of aliphatic imine (C=N–C) groups is 1. The highest BCUT2D eigenvalue weighted by atomic mass is 127. The van der Waals surface area contributed by atoms with E-state index in [4.69, 9.17) is 4.98 Å². The largest absolute Gasteiger partial charge is 0.357 e. The Bertz CT molecular complexity index is 914. The van der Waals surface area contributed by atoms with E-state index < -0.39 is 0 Å². The molecule has 28 heavy (non-hydrogen) atoms. The molecule has 3 aromatic heterocycles. The monoisotopic (exact) mass is 512 g/mol. The number of guanidine groups is 1. The molecule has 2 N–H and O–H groups in total. The standard InChI is InChI=1S/C20H28N6S.HI/c1-5-21-20(23-11-18-25-17(13-27-18)14(2)3)22-9-8-16-12-26-10-6-7-15(4)19(26)24-16;/h6-7,10,12-14H,5,8-9,11H2,1-4H3,(H2,21,22,23);1H. The van der Waals surface area contributed by atoms with Crippen molar-refractivity contribution in [2.75, 3.05) is 13.1 Å². The lowest BCUT2D eigenvalue weighted by molar-refractivity contribution is 0.787. The van der Waals surface area contributed by atoms with E-state index in [0.717, 1.165) is 47.5 Å². The third-order valence-corrected chi connectivity index (χ3v) is 5.13. The Balaban J connectivity index is 0.00000280. The van der Waals surface area contributed by atoms with Crippen LogP contribution in [0.25, 0.3) is 5.65 Å². The van der Waals surface area contributed by atoms with E-state index in [1.807, 2.05) is 12.3 Å². The van der Waals surface area contributed by atoms with Gasteiger partial charge in [-0.05, 0) is 31.4 Å². The molecule has 3 heterocycles. The fourth-order valence-electron chi connectivity index (χ4n) is 2.79. The predicted molar refractivity (Wildman–Crippen MR) is 128 cm³/mol. The van der Waals surface area contributed by atoms with E-state index in [1.54, 1.807) is 11.3 Å². The van der Waals surface area contributed by atoms with Crippen molar-refractivity contribution < 1.29 is 0 Å². The van der Waals surface area contributed by atoms with Gasteiger partial charge >= 0.3 is 0 Å². The molecule has 0 bridgehead atoms. The van der Waals surface area contributed by atoms with Gasteiger partial charge in [0.2, 0.25) is 0 Å². The summed E-state index contributed by atoms with van der Waals surface area (Å²) >= 11 is 1.68. The average molecular weight is 512 g/mol. The highest BCUT2D eigenvalue weighted by Gasteiger charge is 2.07. The molecule has 0 aliphatic carbocycles. The van der Waals surface area contributed by atoms with Crippen LogP contribution in [0.5, 0.6) is 0 Å². The third kappa shape index (κ3) is 5.91. The van der Waals surface area contributed by atoms with Crippen molar-refractivity contribution in [1.82, 2.24) is 25.0 Å². The Morgan fingerprint density at radius 2 is 2.11 bits per heavy atom. The lowest BCUT2D eigenvalue weighted by atomic mass is 10.2. The SMILES string of the molecule is CCNC(=NCc1nc(C(C)C)cs1)NCCc1cn2cccc(C)c2n1.I. The van der Waals surface area contributed by atoms with E-state index in [9.17, 15) is 0 Å². The summed E-state index contributed by atoms with van der Waals surface area (Å²) in [6.45, 7) is 10.7. The first-order valence-corrected chi connectivity index (χ1v) is 10.3.